The highest BCUT2D eigenvalue weighted by Crippen LogP contribution is 2.48. The van der Waals surface area contributed by atoms with Gasteiger partial charge in [-0.15, -0.1) is 0 Å². The largest absolute Gasteiger partial charge is 0.372 e. The zero-order valence-corrected chi connectivity index (χ0v) is 37.8. The summed E-state index contributed by atoms with van der Waals surface area (Å²) in [5.41, 5.74) is 14.8. The molecule has 12 nitrogen and oxygen atoms in total. The Morgan fingerprint density at radius 1 is 0.361 bits per heavy atom. The maximum atomic E-state index is 9.41. The molecule has 72 heavy (non-hydrogen) atoms. The summed E-state index contributed by atoms with van der Waals surface area (Å²) >= 11 is 0. The van der Waals surface area contributed by atoms with Crippen LogP contribution >= 0.6 is 0 Å². The van der Waals surface area contributed by atoms with Crippen LogP contribution in [0, 0.1) is 45.3 Å². The molecule has 332 valence electrons. The van der Waals surface area contributed by atoms with Gasteiger partial charge in [-0.2, -0.15) is 21.0 Å². The number of hydrogen-bond acceptors (Lipinski definition) is 12. The van der Waals surface area contributed by atoms with Gasteiger partial charge in [0.15, 0.2) is 0 Å². The van der Waals surface area contributed by atoms with Crippen LogP contribution in [0.2, 0.25) is 0 Å². The predicted molar refractivity (Wildman–Crippen MR) is 277 cm³/mol. The number of aromatic nitrogens is 7. The lowest BCUT2D eigenvalue weighted by Gasteiger charge is -2.21. The number of nitrogens with zero attached hydrogens (tertiary/aromatic N) is 11. The molecule has 0 spiro atoms. The van der Waals surface area contributed by atoms with Gasteiger partial charge in [-0.3, -0.25) is 19.9 Å². The lowest BCUT2D eigenvalue weighted by molar-refractivity contribution is 0.843. The number of pyridine rings is 7. The van der Waals surface area contributed by atoms with Crippen LogP contribution in [-0.4, -0.2) is 40.9 Å². The number of rotatable bonds is 8. The zero-order valence-electron chi connectivity index (χ0n) is 37.8. The van der Waals surface area contributed by atoms with E-state index in [1.165, 1.54) is 0 Å². The van der Waals surface area contributed by atoms with Crippen LogP contribution in [0.1, 0.15) is 22.8 Å². The predicted octanol–water partition coefficient (Wildman–Crippen LogP) is 12.0. The Labute approximate surface area is 411 Å². The van der Waals surface area contributed by atoms with Crippen molar-refractivity contribution in [1.29, 1.82) is 21.0 Å². The lowest BCUT2D eigenvalue weighted by Crippen LogP contribution is -2.22. The van der Waals surface area contributed by atoms with Crippen LogP contribution in [0.4, 0.5) is 0 Å². The van der Waals surface area contributed by atoms with Gasteiger partial charge in [-0.25, -0.2) is 15.0 Å². The molecule has 7 aromatic heterocycles. The highest BCUT2D eigenvalue weighted by atomic mass is 14.9. The number of nitriles is 4. The first-order chi connectivity index (χ1) is 35.5. The molecular weight excluding hydrogens is 889 g/mol. The van der Waals surface area contributed by atoms with Gasteiger partial charge in [0.1, 0.15) is 41.3 Å². The fraction of sp³-hybridized carbons (Fsp3) is 0.0167. The monoisotopic (exact) mass is 920 g/mol. The summed E-state index contributed by atoms with van der Waals surface area (Å²) in [6.45, 7) is 0. The number of benzene rings is 4. The first-order valence-corrected chi connectivity index (χ1v) is 22.7. The average molecular weight is 921 g/mol. The number of dihydropyridines is 1. The SMILES string of the molecule is N#Cc1ccc(-c2ccc(-c3cc(-c4ccc(C5=CNC(C#N)C=C5)nc4)c4ccc5c(-c6ccc(-c7ccc(C#N)nc7)nc6)cc(-c6ccc(-c7ccc(C#N)nc7)nc6)c6ccc3c4c56)cn2)cn1. The molecule has 0 fully saturated rings. The Kier molecular flexibility index (Phi) is 10.5. The molecule has 0 saturated carbocycles. The summed E-state index contributed by atoms with van der Waals surface area (Å²) in [6, 6.07) is 48.2. The van der Waals surface area contributed by atoms with E-state index in [0.717, 1.165) is 122 Å². The molecule has 0 amide bonds. The Balaban J connectivity index is 1.08. The zero-order chi connectivity index (χ0) is 48.7. The maximum absolute atomic E-state index is 9.41. The molecule has 1 aliphatic rings. The van der Waals surface area contributed by atoms with Crippen molar-refractivity contribution in [2.75, 3.05) is 0 Å². The second-order valence-electron chi connectivity index (χ2n) is 17.1. The molecule has 0 bridgehead atoms. The van der Waals surface area contributed by atoms with Crippen LogP contribution in [-0.2, 0) is 0 Å². The highest BCUT2D eigenvalue weighted by Gasteiger charge is 2.22. The highest BCUT2D eigenvalue weighted by molar-refractivity contribution is 6.32. The Morgan fingerprint density at radius 3 is 0.958 bits per heavy atom. The summed E-state index contributed by atoms with van der Waals surface area (Å²) in [5, 5.41) is 46.8. The van der Waals surface area contributed by atoms with Crippen LogP contribution in [0.25, 0.3) is 116 Å². The molecule has 1 atom stereocenters. The molecule has 12 heteroatoms. The van der Waals surface area contributed by atoms with E-state index in [2.05, 4.69) is 105 Å². The summed E-state index contributed by atoms with van der Waals surface area (Å²) in [7, 11) is 0. The Morgan fingerprint density at radius 2 is 0.694 bits per heavy atom. The van der Waals surface area contributed by atoms with E-state index in [1.54, 1.807) is 36.8 Å². The molecule has 1 N–H and O–H groups in total. The first-order valence-electron chi connectivity index (χ1n) is 22.7. The van der Waals surface area contributed by atoms with Crippen molar-refractivity contribution in [2.24, 2.45) is 0 Å². The van der Waals surface area contributed by atoms with Gasteiger partial charge in [0.05, 0.1) is 28.8 Å². The van der Waals surface area contributed by atoms with E-state index < -0.39 is 6.04 Å². The standard InChI is InChI=1S/C60H32N12/c61-23-43-9-1-39(31-65-43)55-17-5-35(27-69-55)51-21-52(36-6-18-56(70-28-36)40-2-10-44(24-62)66-32-40)48-15-16-50-54(38-8-20-58(72-30-38)42-4-12-46(26-64)68-34-42)22-53(49-14-13-47(51)59(48)60(49)50)37-7-19-57(71-29-37)41-3-11-45(25-63)67-33-41/h1-22,27-34,43,65H. The molecule has 11 aromatic rings. The minimum Gasteiger partial charge on any atom is -0.372 e. The third kappa shape index (κ3) is 7.53. The average Bonchev–Trinajstić information content (AvgIpc) is 3.46. The second-order valence-corrected chi connectivity index (χ2v) is 17.1. The minimum atomic E-state index is -0.391. The molecule has 8 heterocycles. The lowest BCUT2D eigenvalue weighted by atomic mass is 9.82. The van der Waals surface area contributed by atoms with Gasteiger partial charge in [0, 0.05) is 94.1 Å². The van der Waals surface area contributed by atoms with Gasteiger partial charge in [-0.05, 0) is 133 Å². The van der Waals surface area contributed by atoms with Crippen LogP contribution in [0.3, 0.4) is 0 Å². The minimum absolute atomic E-state index is 0.337. The number of allylic oxidation sites excluding steroid dienone is 2. The molecule has 4 aromatic carbocycles. The van der Waals surface area contributed by atoms with Crippen LogP contribution < -0.4 is 5.32 Å². The smallest absolute Gasteiger partial charge is 0.140 e. The number of nitrogens with one attached hydrogen (secondary N) is 1. The summed E-state index contributed by atoms with van der Waals surface area (Å²) < 4.78 is 0. The topological polar surface area (TPSA) is 197 Å². The fourth-order valence-electron chi connectivity index (χ4n) is 9.40. The molecule has 1 unspecified atom stereocenters. The normalized spacial score (nSPS) is 12.9. The molecule has 12 rings (SSSR count). The van der Waals surface area contributed by atoms with E-state index in [0.29, 0.717) is 17.1 Å². The Bertz CT molecular complexity index is 4040. The molecular formula is C60H32N12. The molecule has 1 aliphatic heterocycles. The van der Waals surface area contributed by atoms with E-state index >= 15 is 0 Å². The summed E-state index contributed by atoms with van der Waals surface area (Å²) in [5.74, 6) is 0. The van der Waals surface area contributed by atoms with Crippen molar-refractivity contribution in [3.8, 4) is 103 Å². The van der Waals surface area contributed by atoms with E-state index in [9.17, 15) is 21.0 Å². The third-order valence-electron chi connectivity index (χ3n) is 13.0. The van der Waals surface area contributed by atoms with Crippen molar-refractivity contribution in [1.82, 2.24) is 40.2 Å². The molecule has 0 radical (unpaired) electrons. The van der Waals surface area contributed by atoms with Crippen molar-refractivity contribution in [2.45, 2.75) is 6.04 Å². The quantitative estimate of drug-likeness (QED) is 0.142. The molecule has 0 saturated heterocycles. The van der Waals surface area contributed by atoms with Crippen LogP contribution in [0.15, 0.2) is 183 Å². The third-order valence-corrected chi connectivity index (χ3v) is 13.0. The van der Waals surface area contributed by atoms with Gasteiger partial charge in [0.2, 0.25) is 0 Å². The van der Waals surface area contributed by atoms with E-state index in [-0.39, 0.29) is 0 Å². The van der Waals surface area contributed by atoms with Crippen molar-refractivity contribution in [3.63, 3.8) is 0 Å². The summed E-state index contributed by atoms with van der Waals surface area (Å²) in [4.78, 5) is 32.5. The van der Waals surface area contributed by atoms with Crippen molar-refractivity contribution in [3.05, 3.63) is 206 Å². The van der Waals surface area contributed by atoms with Crippen LogP contribution in [0.5, 0.6) is 0 Å². The van der Waals surface area contributed by atoms with E-state index in [4.69, 9.17) is 19.9 Å². The van der Waals surface area contributed by atoms with Crippen molar-refractivity contribution >= 4 is 37.9 Å². The summed E-state index contributed by atoms with van der Waals surface area (Å²) in [6.07, 6.45) is 18.1. The molecule has 0 aliphatic carbocycles. The maximum Gasteiger partial charge on any atom is 0.140 e. The van der Waals surface area contributed by atoms with Crippen molar-refractivity contribution < 1.29 is 0 Å². The van der Waals surface area contributed by atoms with Gasteiger partial charge in [0.25, 0.3) is 0 Å². The Hall–Kier alpha value is -10.8. The van der Waals surface area contributed by atoms with Gasteiger partial charge < -0.3 is 5.32 Å². The second kappa shape index (κ2) is 17.7. The number of hydrogen-bond donors (Lipinski definition) is 1. The fourth-order valence-corrected chi connectivity index (χ4v) is 9.40. The van der Waals surface area contributed by atoms with Gasteiger partial charge >= 0.3 is 0 Å². The first kappa shape index (κ1) is 42.6. The van der Waals surface area contributed by atoms with E-state index in [1.807, 2.05) is 85.6 Å². The van der Waals surface area contributed by atoms with Gasteiger partial charge in [-0.1, -0.05) is 54.6 Å².